The molecular formula is C27H32F2N6O4. The molecule has 12 heteroatoms. The first kappa shape index (κ1) is 28.3. The number of urea groups is 1. The average molecular weight is 543 g/mol. The molecule has 1 saturated heterocycles. The molecule has 2 heterocycles. The second kappa shape index (κ2) is 13.4. The summed E-state index contributed by atoms with van der Waals surface area (Å²) in [6.45, 7) is 3.74. The Morgan fingerprint density at radius 3 is 2.67 bits per heavy atom. The van der Waals surface area contributed by atoms with Crippen molar-refractivity contribution >= 4 is 24.3 Å². The molecule has 1 fully saturated rings. The maximum atomic E-state index is 14.3. The Balaban J connectivity index is 1.51. The van der Waals surface area contributed by atoms with Crippen LogP contribution in [-0.2, 0) is 27.5 Å². The monoisotopic (exact) mass is 542 g/mol. The van der Waals surface area contributed by atoms with E-state index in [1.54, 1.807) is 6.20 Å². The maximum absolute atomic E-state index is 14.3. The van der Waals surface area contributed by atoms with Gasteiger partial charge in [0.2, 0.25) is 5.91 Å². The minimum absolute atomic E-state index is 0.0104. The van der Waals surface area contributed by atoms with Crippen LogP contribution < -0.4 is 16.2 Å². The van der Waals surface area contributed by atoms with Crippen LogP contribution in [0.5, 0.6) is 0 Å². The molecule has 0 aliphatic carbocycles. The molecule has 0 radical (unpaired) electrons. The number of carbonyl (C=O) groups is 3. The fourth-order valence-electron chi connectivity index (χ4n) is 4.65. The van der Waals surface area contributed by atoms with E-state index in [4.69, 9.17) is 4.84 Å². The first-order valence-corrected chi connectivity index (χ1v) is 12.7. The van der Waals surface area contributed by atoms with Crippen molar-refractivity contribution in [1.29, 1.82) is 0 Å². The Morgan fingerprint density at radius 1 is 1.15 bits per heavy atom. The summed E-state index contributed by atoms with van der Waals surface area (Å²) in [5.74, 6) is -2.50. The first-order valence-electron chi connectivity index (χ1n) is 12.7. The standard InChI is InChI=1S/C27H32F2N6O4/c1-19(37)35(31-17-21-7-4-8-23(28)25(21)29)24(10-16-36)26(33-14-11-30-12-15-33)39-32-27(38)34-13-9-20-5-2-3-6-22(20)18-34/h2-9,13,16,24,26,30-31H,10-12,14-15,17-18H2,1H3,(H,32,38)/t24-,26?/m0/s1. The fraction of sp³-hybridized carbons (Fsp3) is 0.370. The molecule has 0 bridgehead atoms. The van der Waals surface area contributed by atoms with Gasteiger partial charge < -0.3 is 10.1 Å². The van der Waals surface area contributed by atoms with Gasteiger partial charge in [-0.05, 0) is 23.3 Å². The van der Waals surface area contributed by atoms with E-state index in [1.807, 2.05) is 35.2 Å². The second-order valence-corrected chi connectivity index (χ2v) is 9.25. The number of aldehydes is 1. The highest BCUT2D eigenvalue weighted by atomic mass is 19.2. The lowest BCUT2D eigenvalue weighted by Gasteiger charge is -2.42. The van der Waals surface area contributed by atoms with Crippen molar-refractivity contribution in [3.8, 4) is 0 Å². The Morgan fingerprint density at radius 2 is 1.92 bits per heavy atom. The molecule has 4 rings (SSSR count). The van der Waals surface area contributed by atoms with E-state index < -0.39 is 35.8 Å². The van der Waals surface area contributed by atoms with Crippen molar-refractivity contribution in [3.05, 3.63) is 77.0 Å². The lowest BCUT2D eigenvalue weighted by atomic mass is 10.0. The van der Waals surface area contributed by atoms with Crippen molar-refractivity contribution in [2.24, 2.45) is 0 Å². The van der Waals surface area contributed by atoms with Crippen molar-refractivity contribution < 1.29 is 28.0 Å². The third-order valence-electron chi connectivity index (χ3n) is 6.68. The van der Waals surface area contributed by atoms with Gasteiger partial charge in [0.15, 0.2) is 17.9 Å². The predicted molar refractivity (Wildman–Crippen MR) is 139 cm³/mol. The molecule has 2 atom stereocenters. The number of hydrazine groups is 1. The van der Waals surface area contributed by atoms with Crippen LogP contribution in [0.2, 0.25) is 0 Å². The van der Waals surface area contributed by atoms with Gasteiger partial charge in [0.25, 0.3) is 0 Å². The Hall–Kier alpha value is -3.71. The lowest BCUT2D eigenvalue weighted by molar-refractivity contribution is -0.164. The van der Waals surface area contributed by atoms with Gasteiger partial charge in [-0.15, -0.1) is 0 Å². The average Bonchev–Trinajstić information content (AvgIpc) is 2.95. The molecule has 2 aromatic carbocycles. The van der Waals surface area contributed by atoms with Gasteiger partial charge in [-0.2, -0.15) is 0 Å². The van der Waals surface area contributed by atoms with Crippen LogP contribution in [-0.4, -0.2) is 71.5 Å². The third-order valence-corrected chi connectivity index (χ3v) is 6.68. The zero-order valence-electron chi connectivity index (χ0n) is 21.6. The van der Waals surface area contributed by atoms with Gasteiger partial charge in [-0.3, -0.25) is 24.4 Å². The zero-order valence-corrected chi connectivity index (χ0v) is 21.6. The smallest absolute Gasteiger partial charge is 0.314 e. The molecule has 2 aromatic rings. The predicted octanol–water partition coefficient (Wildman–Crippen LogP) is 2.13. The Labute approximate surface area is 225 Å². The van der Waals surface area contributed by atoms with Crippen LogP contribution in [0.4, 0.5) is 13.6 Å². The summed E-state index contributed by atoms with van der Waals surface area (Å²) in [7, 11) is 0. The molecular weight excluding hydrogens is 510 g/mol. The summed E-state index contributed by atoms with van der Waals surface area (Å²) >= 11 is 0. The number of piperazine rings is 1. The second-order valence-electron chi connectivity index (χ2n) is 9.25. The van der Waals surface area contributed by atoms with Crippen molar-refractivity contribution in [2.45, 2.75) is 38.7 Å². The number of fused-ring (bicyclic) bond motifs is 1. The van der Waals surface area contributed by atoms with Crippen LogP contribution in [0.1, 0.15) is 30.0 Å². The number of amides is 3. The highest BCUT2D eigenvalue weighted by molar-refractivity contribution is 5.77. The van der Waals surface area contributed by atoms with Crippen LogP contribution in [0.15, 0.2) is 48.7 Å². The van der Waals surface area contributed by atoms with Crippen molar-refractivity contribution in [3.63, 3.8) is 0 Å². The summed E-state index contributed by atoms with van der Waals surface area (Å²) in [5.41, 5.74) is 7.32. The van der Waals surface area contributed by atoms with Gasteiger partial charge >= 0.3 is 6.03 Å². The van der Waals surface area contributed by atoms with E-state index in [2.05, 4.69) is 16.2 Å². The fourth-order valence-corrected chi connectivity index (χ4v) is 4.65. The SMILES string of the molecule is CC(=O)N(NCc1cccc(F)c1F)[C@@H](CC=O)C(ONC(=O)N1C=Cc2ccccc2C1)N1CCNCC1. The van der Waals surface area contributed by atoms with E-state index in [1.165, 1.54) is 29.0 Å². The van der Waals surface area contributed by atoms with E-state index in [-0.39, 0.29) is 18.5 Å². The quantitative estimate of drug-likeness (QED) is 0.312. The largest absolute Gasteiger partial charge is 0.345 e. The molecule has 39 heavy (non-hydrogen) atoms. The van der Waals surface area contributed by atoms with Crippen LogP contribution in [0, 0.1) is 11.6 Å². The number of nitrogens with zero attached hydrogens (tertiary/aromatic N) is 3. The molecule has 1 unspecified atom stereocenters. The van der Waals surface area contributed by atoms with E-state index in [0.29, 0.717) is 39.0 Å². The molecule has 2 aliphatic heterocycles. The summed E-state index contributed by atoms with van der Waals surface area (Å²) < 4.78 is 28.0. The van der Waals surface area contributed by atoms with E-state index in [9.17, 15) is 23.2 Å². The molecule has 0 saturated carbocycles. The maximum Gasteiger partial charge on any atom is 0.345 e. The Kier molecular flexibility index (Phi) is 9.71. The third kappa shape index (κ3) is 7.03. The molecule has 0 spiro atoms. The van der Waals surface area contributed by atoms with Crippen molar-refractivity contribution in [1.82, 2.24) is 31.0 Å². The van der Waals surface area contributed by atoms with E-state index >= 15 is 0 Å². The minimum atomic E-state index is -1.03. The van der Waals surface area contributed by atoms with Gasteiger partial charge in [0, 0.05) is 57.8 Å². The summed E-state index contributed by atoms with van der Waals surface area (Å²) in [6, 6.07) is 10.1. The topological polar surface area (TPSA) is 106 Å². The molecule has 10 nitrogen and oxygen atoms in total. The first-order chi connectivity index (χ1) is 18.9. The molecule has 3 amide bonds. The molecule has 208 valence electrons. The number of benzene rings is 2. The number of hydroxylamine groups is 1. The van der Waals surface area contributed by atoms with Crippen LogP contribution >= 0.6 is 0 Å². The highest BCUT2D eigenvalue weighted by Crippen LogP contribution is 2.20. The number of hydrogen-bond donors (Lipinski definition) is 3. The lowest BCUT2D eigenvalue weighted by Crippen LogP contribution is -2.62. The number of rotatable bonds is 10. The van der Waals surface area contributed by atoms with E-state index in [0.717, 1.165) is 17.2 Å². The zero-order chi connectivity index (χ0) is 27.8. The summed E-state index contributed by atoms with van der Waals surface area (Å²) in [6.07, 6.45) is 3.07. The summed E-state index contributed by atoms with van der Waals surface area (Å²) in [4.78, 5) is 46.8. The normalized spacial score (nSPS) is 16.7. The number of nitrogens with one attached hydrogen (secondary N) is 3. The van der Waals surface area contributed by atoms with Gasteiger partial charge in [0.1, 0.15) is 6.29 Å². The summed E-state index contributed by atoms with van der Waals surface area (Å²) in [5, 5.41) is 4.41. The van der Waals surface area contributed by atoms with Gasteiger partial charge in [-0.25, -0.2) is 24.5 Å². The van der Waals surface area contributed by atoms with Gasteiger partial charge in [-0.1, -0.05) is 36.4 Å². The highest BCUT2D eigenvalue weighted by Gasteiger charge is 2.36. The molecule has 2 aliphatic rings. The van der Waals surface area contributed by atoms with Crippen LogP contribution in [0.25, 0.3) is 6.08 Å². The Bertz CT molecular complexity index is 1210. The minimum Gasteiger partial charge on any atom is -0.314 e. The number of carbonyl (C=O) groups excluding carboxylic acids is 3. The molecule has 0 aromatic heterocycles. The number of hydrogen-bond acceptors (Lipinski definition) is 7. The van der Waals surface area contributed by atoms with Crippen LogP contribution in [0.3, 0.4) is 0 Å². The van der Waals surface area contributed by atoms with Gasteiger partial charge in [0.05, 0.1) is 12.6 Å². The molecule has 3 N–H and O–H groups in total. The number of halogens is 2. The van der Waals surface area contributed by atoms with Crippen molar-refractivity contribution in [2.75, 3.05) is 26.2 Å².